The predicted molar refractivity (Wildman–Crippen MR) is 85.3 cm³/mol. The fourth-order valence-corrected chi connectivity index (χ4v) is 3.17. The first kappa shape index (κ1) is 15.9. The van der Waals surface area contributed by atoms with Gasteiger partial charge in [0.15, 0.2) is 0 Å². The van der Waals surface area contributed by atoms with Crippen LogP contribution in [0, 0.1) is 5.82 Å². The molecule has 4 heteroatoms. The summed E-state index contributed by atoms with van der Waals surface area (Å²) in [6.45, 7) is 9.77. The summed E-state index contributed by atoms with van der Waals surface area (Å²) in [5.41, 5.74) is 1.33. The van der Waals surface area contributed by atoms with E-state index in [-0.39, 0.29) is 11.4 Å². The summed E-state index contributed by atoms with van der Waals surface area (Å²) in [6.07, 6.45) is 2.27. The molecule has 0 spiro atoms. The first-order valence-corrected chi connectivity index (χ1v) is 8.16. The second kappa shape index (κ2) is 6.54. The smallest absolute Gasteiger partial charge is 0.137 e. The molecule has 1 aliphatic rings. The topological polar surface area (TPSA) is 15.3 Å². The van der Waals surface area contributed by atoms with Crippen molar-refractivity contribution in [3.63, 3.8) is 0 Å². The van der Waals surface area contributed by atoms with Gasteiger partial charge < -0.3 is 5.32 Å². The van der Waals surface area contributed by atoms with Crippen molar-refractivity contribution in [3.8, 4) is 0 Å². The Morgan fingerprint density at radius 2 is 2.25 bits per heavy atom. The maximum absolute atomic E-state index is 13.3. The molecule has 2 nitrogen and oxygen atoms in total. The lowest BCUT2D eigenvalue weighted by atomic mass is 9.98. The second-order valence-electron chi connectivity index (χ2n) is 6.13. The molecule has 0 saturated carbocycles. The molecule has 0 bridgehead atoms. The third kappa shape index (κ3) is 3.80. The zero-order valence-electron chi connectivity index (χ0n) is 12.5. The Morgan fingerprint density at radius 1 is 1.50 bits per heavy atom. The Hall–Kier alpha value is -0.450. The number of nitrogens with zero attached hydrogens (tertiary/aromatic N) is 1. The summed E-state index contributed by atoms with van der Waals surface area (Å²) in [5, 5.41) is 3.66. The molecule has 1 saturated heterocycles. The maximum Gasteiger partial charge on any atom is 0.137 e. The summed E-state index contributed by atoms with van der Waals surface area (Å²) in [4.78, 5) is 2.50. The highest BCUT2D eigenvalue weighted by Gasteiger charge is 2.30. The number of benzene rings is 1. The molecular weight excluding hydrogens is 319 g/mol. The summed E-state index contributed by atoms with van der Waals surface area (Å²) in [7, 11) is 0. The van der Waals surface area contributed by atoms with Crippen LogP contribution in [0.4, 0.5) is 4.39 Å². The Labute approximate surface area is 129 Å². The van der Waals surface area contributed by atoms with Crippen LogP contribution in [0.5, 0.6) is 0 Å². The van der Waals surface area contributed by atoms with Crippen molar-refractivity contribution in [2.75, 3.05) is 13.1 Å². The van der Waals surface area contributed by atoms with Crippen LogP contribution in [0.3, 0.4) is 0 Å². The molecular formula is C16H24BrFN2. The van der Waals surface area contributed by atoms with Crippen molar-refractivity contribution >= 4 is 15.9 Å². The van der Waals surface area contributed by atoms with E-state index in [0.29, 0.717) is 10.5 Å². The standard InChI is InChI=1S/C16H24BrFN2/c1-4-16(3)11-20(12(2)7-8-19-16)10-13-5-6-15(18)14(17)9-13/h5-6,9,12,19H,4,7-8,10-11H2,1-3H3. The van der Waals surface area contributed by atoms with Crippen molar-refractivity contribution in [1.29, 1.82) is 0 Å². The number of nitrogens with one attached hydrogen (secondary N) is 1. The molecule has 1 heterocycles. The van der Waals surface area contributed by atoms with Gasteiger partial charge in [0.2, 0.25) is 0 Å². The first-order valence-electron chi connectivity index (χ1n) is 7.36. The van der Waals surface area contributed by atoms with Crippen LogP contribution in [-0.4, -0.2) is 29.6 Å². The van der Waals surface area contributed by atoms with Gasteiger partial charge in [0.25, 0.3) is 0 Å². The monoisotopic (exact) mass is 342 g/mol. The van der Waals surface area contributed by atoms with Crippen LogP contribution in [-0.2, 0) is 6.54 Å². The van der Waals surface area contributed by atoms with Crippen LogP contribution >= 0.6 is 15.9 Å². The lowest BCUT2D eigenvalue weighted by Gasteiger charge is -2.35. The molecule has 1 aromatic rings. The third-order valence-electron chi connectivity index (χ3n) is 4.44. The third-order valence-corrected chi connectivity index (χ3v) is 5.05. The van der Waals surface area contributed by atoms with E-state index in [4.69, 9.17) is 0 Å². The fourth-order valence-electron chi connectivity index (χ4n) is 2.75. The van der Waals surface area contributed by atoms with Crippen LogP contribution in [0.1, 0.15) is 39.2 Å². The molecule has 2 atom stereocenters. The Balaban J connectivity index is 2.14. The molecule has 0 amide bonds. The van der Waals surface area contributed by atoms with Gasteiger partial charge in [-0.15, -0.1) is 0 Å². The molecule has 0 aromatic heterocycles. The molecule has 1 aromatic carbocycles. The molecule has 0 aliphatic carbocycles. The van der Waals surface area contributed by atoms with E-state index in [9.17, 15) is 4.39 Å². The van der Waals surface area contributed by atoms with Crippen molar-refractivity contribution in [2.45, 2.75) is 51.7 Å². The Bertz CT molecular complexity index is 466. The van der Waals surface area contributed by atoms with Gasteiger partial charge in [-0.2, -0.15) is 0 Å². The zero-order valence-corrected chi connectivity index (χ0v) is 14.1. The quantitative estimate of drug-likeness (QED) is 0.894. The van der Waals surface area contributed by atoms with E-state index in [1.54, 1.807) is 6.07 Å². The highest BCUT2D eigenvalue weighted by atomic mass is 79.9. The SMILES string of the molecule is CCC1(C)CN(Cc2ccc(F)c(Br)c2)C(C)CCN1. The van der Waals surface area contributed by atoms with Crippen molar-refractivity contribution in [1.82, 2.24) is 10.2 Å². The van der Waals surface area contributed by atoms with Crippen molar-refractivity contribution in [2.24, 2.45) is 0 Å². The lowest BCUT2D eigenvalue weighted by Crippen LogP contribution is -2.49. The van der Waals surface area contributed by atoms with Crippen LogP contribution < -0.4 is 5.32 Å². The molecule has 2 unspecified atom stereocenters. The maximum atomic E-state index is 13.3. The number of hydrogen-bond acceptors (Lipinski definition) is 2. The van der Waals surface area contributed by atoms with Gasteiger partial charge in [0, 0.05) is 24.7 Å². The molecule has 2 rings (SSSR count). The van der Waals surface area contributed by atoms with Crippen LogP contribution in [0.15, 0.2) is 22.7 Å². The summed E-state index contributed by atoms with van der Waals surface area (Å²) >= 11 is 3.27. The van der Waals surface area contributed by atoms with Crippen LogP contribution in [0.2, 0.25) is 0 Å². The Kier molecular flexibility index (Phi) is 5.21. The molecule has 0 radical (unpaired) electrons. The molecule has 20 heavy (non-hydrogen) atoms. The van der Waals surface area contributed by atoms with Gasteiger partial charge in [-0.1, -0.05) is 13.0 Å². The van der Waals surface area contributed by atoms with Gasteiger partial charge in [-0.05, 0) is 66.9 Å². The average Bonchev–Trinajstić information content (AvgIpc) is 2.55. The zero-order chi connectivity index (χ0) is 14.8. The first-order chi connectivity index (χ1) is 9.43. The minimum absolute atomic E-state index is 0.169. The number of hydrogen-bond donors (Lipinski definition) is 1. The minimum atomic E-state index is -0.197. The fraction of sp³-hybridized carbons (Fsp3) is 0.625. The van der Waals surface area contributed by atoms with E-state index in [0.717, 1.165) is 38.0 Å². The van der Waals surface area contributed by atoms with Gasteiger partial charge in [-0.3, -0.25) is 4.90 Å². The van der Waals surface area contributed by atoms with E-state index in [2.05, 4.69) is 46.9 Å². The average molecular weight is 343 g/mol. The molecule has 1 N–H and O–H groups in total. The highest BCUT2D eigenvalue weighted by Crippen LogP contribution is 2.23. The second-order valence-corrected chi connectivity index (χ2v) is 6.99. The van der Waals surface area contributed by atoms with Gasteiger partial charge in [0.1, 0.15) is 5.82 Å². The number of rotatable bonds is 3. The lowest BCUT2D eigenvalue weighted by molar-refractivity contribution is 0.163. The predicted octanol–water partition coefficient (Wildman–Crippen LogP) is 3.94. The summed E-state index contributed by atoms with van der Waals surface area (Å²) < 4.78 is 13.9. The van der Waals surface area contributed by atoms with Gasteiger partial charge in [-0.25, -0.2) is 4.39 Å². The van der Waals surface area contributed by atoms with E-state index in [1.165, 1.54) is 0 Å². The van der Waals surface area contributed by atoms with Gasteiger partial charge in [0.05, 0.1) is 4.47 Å². The van der Waals surface area contributed by atoms with E-state index >= 15 is 0 Å². The van der Waals surface area contributed by atoms with Crippen molar-refractivity contribution in [3.05, 3.63) is 34.1 Å². The highest BCUT2D eigenvalue weighted by molar-refractivity contribution is 9.10. The summed E-state index contributed by atoms with van der Waals surface area (Å²) in [5.74, 6) is -0.197. The van der Waals surface area contributed by atoms with Crippen LogP contribution in [0.25, 0.3) is 0 Å². The normalized spacial score (nSPS) is 28.4. The minimum Gasteiger partial charge on any atom is -0.310 e. The van der Waals surface area contributed by atoms with E-state index < -0.39 is 0 Å². The molecule has 112 valence electrons. The summed E-state index contributed by atoms with van der Waals surface area (Å²) in [6, 6.07) is 5.86. The van der Waals surface area contributed by atoms with Gasteiger partial charge >= 0.3 is 0 Å². The molecule has 1 aliphatic heterocycles. The Morgan fingerprint density at radius 3 is 2.90 bits per heavy atom. The largest absolute Gasteiger partial charge is 0.310 e. The van der Waals surface area contributed by atoms with Crippen molar-refractivity contribution < 1.29 is 4.39 Å². The number of halogens is 2. The molecule has 1 fully saturated rings. The van der Waals surface area contributed by atoms with E-state index in [1.807, 2.05) is 12.1 Å².